The van der Waals surface area contributed by atoms with E-state index in [0.29, 0.717) is 23.0 Å². The summed E-state index contributed by atoms with van der Waals surface area (Å²) in [6.07, 6.45) is 0.785. The summed E-state index contributed by atoms with van der Waals surface area (Å²) in [7, 11) is -3.58. The first kappa shape index (κ1) is 16.2. The standard InChI is InChI=1S/C13H24N2O3S/c1-8(2)6-9(3)15-19(16,17)13-11(5)18-10(4)12(13)7-14/h8-9,15H,6-7,14H2,1-5H3. The van der Waals surface area contributed by atoms with E-state index in [0.717, 1.165) is 6.42 Å². The molecule has 0 radical (unpaired) electrons. The van der Waals surface area contributed by atoms with E-state index >= 15 is 0 Å². The van der Waals surface area contributed by atoms with Crippen LogP contribution in [0.5, 0.6) is 0 Å². The number of hydrogen-bond donors (Lipinski definition) is 2. The molecule has 0 aromatic carbocycles. The van der Waals surface area contributed by atoms with Gasteiger partial charge in [0, 0.05) is 18.2 Å². The largest absolute Gasteiger partial charge is 0.465 e. The maximum absolute atomic E-state index is 12.4. The van der Waals surface area contributed by atoms with Crippen molar-refractivity contribution in [2.75, 3.05) is 0 Å². The molecule has 110 valence electrons. The van der Waals surface area contributed by atoms with Crippen molar-refractivity contribution in [2.45, 2.75) is 58.5 Å². The van der Waals surface area contributed by atoms with Crippen LogP contribution in [-0.2, 0) is 16.6 Å². The van der Waals surface area contributed by atoms with Crippen LogP contribution >= 0.6 is 0 Å². The third-order valence-electron chi connectivity index (χ3n) is 2.98. The predicted octanol–water partition coefficient (Wildman–Crippen LogP) is 2.07. The van der Waals surface area contributed by atoms with Crippen molar-refractivity contribution in [3.8, 4) is 0 Å². The Morgan fingerprint density at radius 1 is 1.21 bits per heavy atom. The summed E-state index contributed by atoms with van der Waals surface area (Å²) >= 11 is 0. The average Bonchev–Trinajstić information content (AvgIpc) is 2.50. The minimum Gasteiger partial charge on any atom is -0.465 e. The summed E-state index contributed by atoms with van der Waals surface area (Å²) in [5.74, 6) is 1.39. The monoisotopic (exact) mass is 288 g/mol. The van der Waals surface area contributed by atoms with Crippen LogP contribution in [0.3, 0.4) is 0 Å². The van der Waals surface area contributed by atoms with Gasteiger partial charge < -0.3 is 10.2 Å². The molecule has 0 fully saturated rings. The van der Waals surface area contributed by atoms with E-state index in [-0.39, 0.29) is 17.5 Å². The van der Waals surface area contributed by atoms with Crippen LogP contribution in [0.25, 0.3) is 0 Å². The summed E-state index contributed by atoms with van der Waals surface area (Å²) < 4.78 is 32.9. The SMILES string of the molecule is Cc1oc(C)c(S(=O)(=O)NC(C)CC(C)C)c1CN. The first-order valence-corrected chi connectivity index (χ1v) is 7.98. The zero-order valence-corrected chi connectivity index (χ0v) is 13.1. The Labute approximate surface area is 115 Å². The third-order valence-corrected chi connectivity index (χ3v) is 4.76. The third kappa shape index (κ3) is 3.81. The van der Waals surface area contributed by atoms with Crippen molar-refractivity contribution in [1.29, 1.82) is 0 Å². The van der Waals surface area contributed by atoms with Gasteiger partial charge >= 0.3 is 0 Å². The van der Waals surface area contributed by atoms with Gasteiger partial charge in [-0.25, -0.2) is 13.1 Å². The Hall–Kier alpha value is -0.850. The van der Waals surface area contributed by atoms with Crippen molar-refractivity contribution in [3.05, 3.63) is 17.1 Å². The van der Waals surface area contributed by atoms with Gasteiger partial charge in [-0.15, -0.1) is 0 Å². The van der Waals surface area contributed by atoms with E-state index in [1.807, 2.05) is 6.92 Å². The maximum Gasteiger partial charge on any atom is 0.244 e. The van der Waals surface area contributed by atoms with Crippen LogP contribution < -0.4 is 10.5 Å². The molecule has 1 heterocycles. The number of aryl methyl sites for hydroxylation is 2. The van der Waals surface area contributed by atoms with Crippen LogP contribution in [0.2, 0.25) is 0 Å². The molecular formula is C13H24N2O3S. The summed E-state index contributed by atoms with van der Waals surface area (Å²) in [6.45, 7) is 9.51. The lowest BCUT2D eigenvalue weighted by atomic mass is 10.1. The van der Waals surface area contributed by atoms with Crippen molar-refractivity contribution < 1.29 is 12.8 Å². The van der Waals surface area contributed by atoms with Crippen molar-refractivity contribution >= 4 is 10.0 Å². The van der Waals surface area contributed by atoms with Gasteiger partial charge in [-0.3, -0.25) is 0 Å². The quantitative estimate of drug-likeness (QED) is 0.839. The fraction of sp³-hybridized carbons (Fsp3) is 0.692. The van der Waals surface area contributed by atoms with E-state index in [2.05, 4.69) is 18.6 Å². The van der Waals surface area contributed by atoms with E-state index in [1.54, 1.807) is 13.8 Å². The molecule has 1 atom stereocenters. The number of furan rings is 1. The number of nitrogens with one attached hydrogen (secondary N) is 1. The smallest absolute Gasteiger partial charge is 0.244 e. The van der Waals surface area contributed by atoms with Gasteiger partial charge in [0.1, 0.15) is 16.4 Å². The highest BCUT2D eigenvalue weighted by atomic mass is 32.2. The molecule has 1 aromatic heterocycles. The molecule has 0 spiro atoms. The fourth-order valence-corrected chi connectivity index (χ4v) is 4.09. The Morgan fingerprint density at radius 3 is 2.26 bits per heavy atom. The lowest BCUT2D eigenvalue weighted by Gasteiger charge is -2.16. The Bertz CT molecular complexity index is 532. The highest BCUT2D eigenvalue weighted by Crippen LogP contribution is 2.26. The molecule has 3 N–H and O–H groups in total. The lowest BCUT2D eigenvalue weighted by molar-refractivity contribution is 0.478. The highest BCUT2D eigenvalue weighted by Gasteiger charge is 2.27. The molecular weight excluding hydrogens is 264 g/mol. The molecule has 0 bridgehead atoms. The van der Waals surface area contributed by atoms with Gasteiger partial charge in [0.15, 0.2) is 0 Å². The van der Waals surface area contributed by atoms with Crippen LogP contribution in [0, 0.1) is 19.8 Å². The molecule has 0 amide bonds. The summed E-state index contributed by atoms with van der Waals surface area (Å²) in [5, 5.41) is 0. The number of sulfonamides is 1. The first-order valence-electron chi connectivity index (χ1n) is 6.50. The molecule has 0 aliphatic carbocycles. The lowest BCUT2D eigenvalue weighted by Crippen LogP contribution is -2.34. The second-order valence-corrected chi connectivity index (χ2v) is 7.03. The predicted molar refractivity (Wildman–Crippen MR) is 75.3 cm³/mol. The van der Waals surface area contributed by atoms with Crippen LogP contribution in [0.15, 0.2) is 9.31 Å². The summed E-state index contributed by atoms with van der Waals surface area (Å²) in [4.78, 5) is 0.197. The van der Waals surface area contributed by atoms with Gasteiger partial charge in [0.05, 0.1) is 0 Å². The molecule has 0 aliphatic heterocycles. The van der Waals surface area contributed by atoms with Gasteiger partial charge in [0.2, 0.25) is 10.0 Å². The van der Waals surface area contributed by atoms with E-state index < -0.39 is 10.0 Å². The van der Waals surface area contributed by atoms with Crippen LogP contribution in [-0.4, -0.2) is 14.5 Å². The van der Waals surface area contributed by atoms with Gasteiger partial charge in [0.25, 0.3) is 0 Å². The average molecular weight is 288 g/mol. The minimum absolute atomic E-state index is 0.120. The zero-order valence-electron chi connectivity index (χ0n) is 12.3. The van der Waals surface area contributed by atoms with E-state index in [9.17, 15) is 8.42 Å². The van der Waals surface area contributed by atoms with Crippen LogP contribution in [0.4, 0.5) is 0 Å². The van der Waals surface area contributed by atoms with Crippen molar-refractivity contribution in [2.24, 2.45) is 11.7 Å². The molecule has 0 aliphatic rings. The molecule has 0 saturated carbocycles. The minimum atomic E-state index is -3.58. The van der Waals surface area contributed by atoms with Gasteiger partial charge in [-0.1, -0.05) is 13.8 Å². The summed E-state index contributed by atoms with van der Waals surface area (Å²) in [6, 6.07) is -0.120. The summed E-state index contributed by atoms with van der Waals surface area (Å²) in [5.41, 5.74) is 6.18. The number of hydrogen-bond acceptors (Lipinski definition) is 4. The van der Waals surface area contributed by atoms with Crippen LogP contribution in [0.1, 0.15) is 44.3 Å². The molecule has 19 heavy (non-hydrogen) atoms. The highest BCUT2D eigenvalue weighted by molar-refractivity contribution is 7.89. The van der Waals surface area contributed by atoms with Crippen molar-refractivity contribution in [1.82, 2.24) is 4.72 Å². The Kier molecular flexibility index (Phi) is 5.18. The number of rotatable bonds is 6. The molecule has 5 nitrogen and oxygen atoms in total. The molecule has 1 rings (SSSR count). The van der Waals surface area contributed by atoms with Gasteiger partial charge in [-0.2, -0.15) is 0 Å². The molecule has 6 heteroatoms. The van der Waals surface area contributed by atoms with Gasteiger partial charge in [-0.05, 0) is 33.1 Å². The Balaban J connectivity index is 3.07. The second kappa shape index (κ2) is 6.07. The molecule has 1 aromatic rings. The second-order valence-electron chi connectivity index (χ2n) is 5.38. The molecule has 1 unspecified atom stereocenters. The zero-order chi connectivity index (χ0) is 14.8. The van der Waals surface area contributed by atoms with E-state index in [4.69, 9.17) is 10.2 Å². The van der Waals surface area contributed by atoms with Crippen molar-refractivity contribution in [3.63, 3.8) is 0 Å². The Morgan fingerprint density at radius 2 is 1.79 bits per heavy atom. The normalized spacial score (nSPS) is 14.1. The fourth-order valence-electron chi connectivity index (χ4n) is 2.38. The van der Waals surface area contributed by atoms with E-state index in [1.165, 1.54) is 0 Å². The topological polar surface area (TPSA) is 85.3 Å². The molecule has 0 saturated heterocycles. The maximum atomic E-state index is 12.4. The first-order chi connectivity index (χ1) is 8.69. The number of nitrogens with two attached hydrogens (primary N) is 1.